The molecule has 1 heterocycles. The Labute approximate surface area is 122 Å². The normalized spacial score (nSPS) is 11.6. The van der Waals surface area contributed by atoms with E-state index in [4.69, 9.17) is 10.8 Å². The van der Waals surface area contributed by atoms with Crippen molar-refractivity contribution in [2.24, 2.45) is 11.7 Å². The molecule has 0 aromatic carbocycles. The summed E-state index contributed by atoms with van der Waals surface area (Å²) in [6.07, 6.45) is 0.354. The van der Waals surface area contributed by atoms with E-state index >= 15 is 0 Å². The van der Waals surface area contributed by atoms with E-state index in [9.17, 15) is 9.59 Å². The molecular formula is C14H18N2O3S. The van der Waals surface area contributed by atoms with Crippen LogP contribution in [0.5, 0.6) is 0 Å². The molecule has 0 aliphatic rings. The molecule has 0 saturated carbocycles. The zero-order chi connectivity index (χ0) is 15.1. The van der Waals surface area contributed by atoms with Gasteiger partial charge in [-0.15, -0.1) is 11.3 Å². The molecule has 0 aliphatic heterocycles. The van der Waals surface area contributed by atoms with Gasteiger partial charge in [0.1, 0.15) is 10.9 Å². The second-order valence-corrected chi connectivity index (χ2v) is 5.45. The maximum Gasteiger partial charge on any atom is 0.263 e. The van der Waals surface area contributed by atoms with Crippen LogP contribution in [-0.2, 0) is 4.79 Å². The number of nitrogens with one attached hydrogen (secondary N) is 1. The number of primary amides is 1. The highest BCUT2D eigenvalue weighted by molar-refractivity contribution is 7.12. The molecule has 5 nitrogen and oxygen atoms in total. The fourth-order valence-corrected chi connectivity index (χ4v) is 2.32. The largest absolute Gasteiger partial charge is 0.395 e. The molecule has 1 aromatic heterocycles. The first kappa shape index (κ1) is 16.2. The Kier molecular flexibility index (Phi) is 6.22. The van der Waals surface area contributed by atoms with Crippen molar-refractivity contribution in [3.05, 3.63) is 21.9 Å². The highest BCUT2D eigenvalue weighted by Gasteiger charge is 2.23. The molecule has 1 aromatic rings. The van der Waals surface area contributed by atoms with Crippen molar-refractivity contribution in [3.63, 3.8) is 0 Å². The molecule has 1 unspecified atom stereocenters. The summed E-state index contributed by atoms with van der Waals surface area (Å²) < 4.78 is 0. The number of hydrogen-bond donors (Lipinski definition) is 3. The number of thiophene rings is 1. The Morgan fingerprint density at radius 1 is 1.50 bits per heavy atom. The zero-order valence-electron chi connectivity index (χ0n) is 11.5. The van der Waals surface area contributed by atoms with Gasteiger partial charge in [0.15, 0.2) is 0 Å². The quantitative estimate of drug-likeness (QED) is 0.699. The van der Waals surface area contributed by atoms with E-state index < -0.39 is 11.9 Å². The van der Waals surface area contributed by atoms with Crippen molar-refractivity contribution in [1.29, 1.82) is 0 Å². The summed E-state index contributed by atoms with van der Waals surface area (Å²) in [6, 6.07) is 1.03. The highest BCUT2D eigenvalue weighted by atomic mass is 32.1. The molecule has 0 fully saturated rings. The van der Waals surface area contributed by atoms with Crippen LogP contribution in [0.15, 0.2) is 11.4 Å². The predicted octanol–water partition coefficient (Wildman–Crippen LogP) is 0.722. The Bertz CT molecular complexity index is 540. The molecule has 0 spiro atoms. The molecule has 0 radical (unpaired) electrons. The molecule has 108 valence electrons. The average Bonchev–Trinajstić information content (AvgIpc) is 2.83. The molecule has 0 bridgehead atoms. The topological polar surface area (TPSA) is 92.4 Å². The summed E-state index contributed by atoms with van der Waals surface area (Å²) in [5.41, 5.74) is 5.86. The van der Waals surface area contributed by atoms with Gasteiger partial charge in [-0.25, -0.2) is 0 Å². The average molecular weight is 294 g/mol. The van der Waals surface area contributed by atoms with Crippen LogP contribution in [0.2, 0.25) is 0 Å². The fourth-order valence-electron chi connectivity index (χ4n) is 1.57. The Hall–Kier alpha value is -1.84. The summed E-state index contributed by atoms with van der Waals surface area (Å²) >= 11 is 1.25. The molecular weight excluding hydrogens is 276 g/mol. The number of nitrogens with two attached hydrogens (primary N) is 1. The third kappa shape index (κ3) is 4.37. The molecule has 0 saturated heterocycles. The lowest BCUT2D eigenvalue weighted by Gasteiger charge is -2.18. The van der Waals surface area contributed by atoms with Gasteiger partial charge in [0, 0.05) is 12.0 Å². The first-order valence-electron chi connectivity index (χ1n) is 6.24. The molecule has 1 atom stereocenters. The van der Waals surface area contributed by atoms with Crippen molar-refractivity contribution < 1.29 is 14.7 Å². The van der Waals surface area contributed by atoms with Gasteiger partial charge in [-0.2, -0.15) is 0 Å². The molecule has 4 N–H and O–H groups in total. The Morgan fingerprint density at radius 3 is 2.75 bits per heavy atom. The number of hydrogen-bond acceptors (Lipinski definition) is 4. The summed E-state index contributed by atoms with van der Waals surface area (Å²) in [5.74, 6) is 4.60. The Balaban J connectivity index is 2.86. The number of amides is 2. The highest BCUT2D eigenvalue weighted by Crippen LogP contribution is 2.16. The summed E-state index contributed by atoms with van der Waals surface area (Å²) in [7, 11) is 0. The van der Waals surface area contributed by atoms with E-state index in [0.29, 0.717) is 16.9 Å². The second-order valence-electron chi connectivity index (χ2n) is 4.54. The van der Waals surface area contributed by atoms with Crippen LogP contribution in [0, 0.1) is 17.8 Å². The zero-order valence-corrected chi connectivity index (χ0v) is 12.3. The van der Waals surface area contributed by atoms with Crippen LogP contribution >= 0.6 is 11.3 Å². The Morgan fingerprint density at radius 2 is 2.20 bits per heavy atom. The van der Waals surface area contributed by atoms with Crippen molar-refractivity contribution in [1.82, 2.24) is 5.32 Å². The van der Waals surface area contributed by atoms with Crippen LogP contribution in [0.25, 0.3) is 0 Å². The van der Waals surface area contributed by atoms with Gasteiger partial charge in [-0.3, -0.25) is 9.59 Å². The molecule has 6 heteroatoms. The number of aliphatic hydroxyl groups excluding tert-OH is 1. The van der Waals surface area contributed by atoms with Gasteiger partial charge in [0.2, 0.25) is 5.91 Å². The number of carbonyl (C=O) groups is 2. The first-order chi connectivity index (χ1) is 9.47. The van der Waals surface area contributed by atoms with E-state index in [1.165, 1.54) is 11.3 Å². The van der Waals surface area contributed by atoms with E-state index in [-0.39, 0.29) is 18.4 Å². The van der Waals surface area contributed by atoms with Crippen LogP contribution in [0.1, 0.15) is 35.5 Å². The van der Waals surface area contributed by atoms with Gasteiger partial charge >= 0.3 is 0 Å². The smallest absolute Gasteiger partial charge is 0.263 e. The summed E-state index contributed by atoms with van der Waals surface area (Å²) in [4.78, 5) is 23.9. The third-order valence-electron chi connectivity index (χ3n) is 2.59. The van der Waals surface area contributed by atoms with Gasteiger partial charge in [-0.1, -0.05) is 25.7 Å². The van der Waals surface area contributed by atoms with Crippen molar-refractivity contribution in [3.8, 4) is 11.8 Å². The molecule has 0 aliphatic carbocycles. The van der Waals surface area contributed by atoms with Gasteiger partial charge in [0.05, 0.1) is 6.61 Å². The van der Waals surface area contributed by atoms with Crippen molar-refractivity contribution in [2.45, 2.75) is 26.3 Å². The van der Waals surface area contributed by atoms with Gasteiger partial charge in [0.25, 0.3) is 5.91 Å². The van der Waals surface area contributed by atoms with E-state index in [0.717, 1.165) is 0 Å². The lowest BCUT2D eigenvalue weighted by molar-refractivity contribution is -0.120. The van der Waals surface area contributed by atoms with Crippen molar-refractivity contribution >= 4 is 23.2 Å². The predicted molar refractivity (Wildman–Crippen MR) is 78.2 cm³/mol. The molecule has 1 rings (SSSR count). The number of rotatable bonds is 5. The van der Waals surface area contributed by atoms with E-state index in [1.807, 2.05) is 13.8 Å². The van der Waals surface area contributed by atoms with Gasteiger partial charge in [-0.05, 0) is 17.4 Å². The standard InChI is InChI=1S/C14H18N2O3S/c1-9(2)11(13(15)18)16-14(19)12-10(6-8-20-12)5-3-4-7-17/h6,8-9,11,17H,4,7H2,1-2H3,(H2,15,18)(H,16,19). The number of aliphatic hydroxyl groups is 1. The summed E-state index contributed by atoms with van der Waals surface area (Å²) in [6.45, 7) is 3.61. The molecule has 20 heavy (non-hydrogen) atoms. The van der Waals surface area contributed by atoms with Crippen LogP contribution < -0.4 is 11.1 Å². The maximum absolute atomic E-state index is 12.2. The first-order valence-corrected chi connectivity index (χ1v) is 7.12. The van der Waals surface area contributed by atoms with Gasteiger partial charge < -0.3 is 16.2 Å². The summed E-state index contributed by atoms with van der Waals surface area (Å²) in [5, 5.41) is 13.1. The SMILES string of the molecule is CC(C)C(NC(=O)c1sccc1C#CCCO)C(N)=O. The lowest BCUT2D eigenvalue weighted by atomic mass is 10.0. The minimum atomic E-state index is -0.706. The minimum Gasteiger partial charge on any atom is -0.395 e. The minimum absolute atomic E-state index is 0.0181. The monoisotopic (exact) mass is 294 g/mol. The number of carbonyl (C=O) groups excluding carboxylic acids is 2. The van der Waals surface area contributed by atoms with Crippen LogP contribution in [0.4, 0.5) is 0 Å². The second kappa shape index (κ2) is 7.68. The lowest BCUT2D eigenvalue weighted by Crippen LogP contribution is -2.47. The van der Waals surface area contributed by atoms with Crippen LogP contribution in [0.3, 0.4) is 0 Å². The van der Waals surface area contributed by atoms with E-state index in [2.05, 4.69) is 17.2 Å². The van der Waals surface area contributed by atoms with Crippen LogP contribution in [-0.4, -0.2) is 29.6 Å². The maximum atomic E-state index is 12.2. The third-order valence-corrected chi connectivity index (χ3v) is 3.50. The van der Waals surface area contributed by atoms with E-state index in [1.54, 1.807) is 11.4 Å². The molecule has 2 amide bonds. The van der Waals surface area contributed by atoms with Crippen molar-refractivity contribution in [2.75, 3.05) is 6.61 Å². The fraction of sp³-hybridized carbons (Fsp3) is 0.429.